The van der Waals surface area contributed by atoms with Gasteiger partial charge in [-0.1, -0.05) is 0 Å². The van der Waals surface area contributed by atoms with Gasteiger partial charge in [-0.15, -0.1) is 0 Å². The lowest BCUT2D eigenvalue weighted by molar-refractivity contribution is -0.858. The van der Waals surface area contributed by atoms with E-state index >= 15 is 0 Å². The Kier molecular flexibility index (Phi) is 5.20. The predicted octanol–water partition coefficient (Wildman–Crippen LogP) is -2.05. The van der Waals surface area contributed by atoms with Crippen LogP contribution >= 0.6 is 15.9 Å². The molecule has 5 heteroatoms. The summed E-state index contributed by atoms with van der Waals surface area (Å²) in [5, 5.41) is 1.19. The van der Waals surface area contributed by atoms with E-state index in [9.17, 15) is 0 Å². The van der Waals surface area contributed by atoms with Crippen LogP contribution in [-0.2, 0) is 6.54 Å². The first-order valence-electron chi connectivity index (χ1n) is 5.06. The Morgan fingerprint density at radius 1 is 1.44 bits per heavy atom. The quantitative estimate of drug-likeness (QED) is 0.594. The van der Waals surface area contributed by atoms with Gasteiger partial charge in [0.05, 0.1) is 27.2 Å². The monoisotopic (exact) mass is 395 g/mol. The molecule has 0 amide bonds. The van der Waals surface area contributed by atoms with Crippen molar-refractivity contribution in [2.75, 3.05) is 20.6 Å². The summed E-state index contributed by atoms with van der Waals surface area (Å²) in [6.45, 7) is 2.13. The molecular formula is C11H15BrIN3. The van der Waals surface area contributed by atoms with Crippen molar-refractivity contribution in [1.29, 1.82) is 0 Å². The van der Waals surface area contributed by atoms with Gasteiger partial charge in [-0.25, -0.2) is 4.98 Å². The molecule has 0 aliphatic heterocycles. The van der Waals surface area contributed by atoms with E-state index in [1.165, 1.54) is 10.3 Å². The van der Waals surface area contributed by atoms with Crippen LogP contribution in [-0.4, -0.2) is 30.2 Å². The molecular weight excluding hydrogens is 381 g/mol. The molecule has 0 spiro atoms. The van der Waals surface area contributed by atoms with Crippen molar-refractivity contribution >= 4 is 27.0 Å². The number of likely N-dealkylation sites (N-methyl/N-ethyl adjacent to an activating group) is 1. The number of nitrogens with one attached hydrogen (secondary N) is 1. The van der Waals surface area contributed by atoms with Crippen molar-refractivity contribution in [1.82, 2.24) is 9.55 Å². The highest BCUT2D eigenvalue weighted by Crippen LogP contribution is 2.17. The smallest absolute Gasteiger partial charge is 0.140 e. The van der Waals surface area contributed by atoms with Gasteiger partial charge in [0.25, 0.3) is 0 Å². The number of quaternary nitrogens is 1. The van der Waals surface area contributed by atoms with E-state index in [0.29, 0.717) is 0 Å². The maximum Gasteiger partial charge on any atom is 0.140 e. The molecule has 2 aromatic rings. The lowest BCUT2D eigenvalue weighted by atomic mass is 10.3. The van der Waals surface area contributed by atoms with Crippen LogP contribution in [0.3, 0.4) is 0 Å². The molecule has 0 aliphatic rings. The molecule has 0 saturated heterocycles. The second-order valence-corrected chi connectivity index (χ2v) is 4.95. The molecule has 2 heterocycles. The summed E-state index contributed by atoms with van der Waals surface area (Å²) in [7, 11) is 4.32. The van der Waals surface area contributed by atoms with Crippen molar-refractivity contribution in [3.63, 3.8) is 0 Å². The van der Waals surface area contributed by atoms with Gasteiger partial charge < -0.3 is 33.4 Å². The predicted molar refractivity (Wildman–Crippen MR) is 65.1 cm³/mol. The maximum absolute atomic E-state index is 4.43. The maximum atomic E-state index is 4.43. The number of pyridine rings is 1. The van der Waals surface area contributed by atoms with Gasteiger partial charge in [0, 0.05) is 22.3 Å². The number of aromatic nitrogens is 2. The summed E-state index contributed by atoms with van der Waals surface area (Å²) in [5.74, 6) is 0. The lowest BCUT2D eigenvalue weighted by Crippen LogP contribution is -3.06. The Morgan fingerprint density at radius 3 is 2.88 bits per heavy atom. The Morgan fingerprint density at radius 2 is 2.19 bits per heavy atom. The molecule has 0 saturated carbocycles. The standard InChI is InChI=1S/C11H14BrN3.HI/c1-14(2)5-6-15-4-3-9-7-10(12)8-13-11(9)15;/h3-4,7-8H,5-6H2,1-2H3;1H. The molecule has 0 unspecified atom stereocenters. The molecule has 0 radical (unpaired) electrons. The zero-order valence-corrected chi connectivity index (χ0v) is 13.1. The summed E-state index contributed by atoms with van der Waals surface area (Å²) >= 11 is 3.43. The van der Waals surface area contributed by atoms with Crippen molar-refractivity contribution in [2.45, 2.75) is 6.54 Å². The van der Waals surface area contributed by atoms with Gasteiger partial charge in [-0.3, -0.25) is 0 Å². The summed E-state index contributed by atoms with van der Waals surface area (Å²) < 4.78 is 3.24. The average molecular weight is 396 g/mol. The van der Waals surface area contributed by atoms with E-state index in [2.05, 4.69) is 57.9 Å². The summed E-state index contributed by atoms with van der Waals surface area (Å²) in [6, 6.07) is 4.21. The molecule has 0 aromatic carbocycles. The Labute approximate surface area is 121 Å². The molecule has 1 N–H and O–H groups in total. The molecule has 0 atom stereocenters. The molecule has 0 fully saturated rings. The second kappa shape index (κ2) is 5.97. The van der Waals surface area contributed by atoms with Crippen molar-refractivity contribution < 1.29 is 28.9 Å². The third kappa shape index (κ3) is 3.18. The van der Waals surface area contributed by atoms with Crippen molar-refractivity contribution in [3.05, 3.63) is 29.0 Å². The van der Waals surface area contributed by atoms with Gasteiger partial charge in [-0.05, 0) is 28.1 Å². The minimum absolute atomic E-state index is 0. The van der Waals surface area contributed by atoms with E-state index in [1.54, 1.807) is 0 Å². The second-order valence-electron chi connectivity index (χ2n) is 4.03. The summed E-state index contributed by atoms with van der Waals surface area (Å²) in [5.41, 5.74) is 1.07. The number of hydrogen-bond acceptors (Lipinski definition) is 1. The van der Waals surface area contributed by atoms with Gasteiger partial charge in [0.15, 0.2) is 0 Å². The highest BCUT2D eigenvalue weighted by molar-refractivity contribution is 9.10. The fourth-order valence-electron chi connectivity index (χ4n) is 1.58. The molecule has 0 aliphatic carbocycles. The van der Waals surface area contributed by atoms with Crippen LogP contribution in [0.15, 0.2) is 29.0 Å². The van der Waals surface area contributed by atoms with Crippen LogP contribution < -0.4 is 28.9 Å². The minimum atomic E-state index is 0. The topological polar surface area (TPSA) is 22.3 Å². The number of nitrogens with zero attached hydrogens (tertiary/aromatic N) is 2. The minimum Gasteiger partial charge on any atom is -1.00 e. The van der Waals surface area contributed by atoms with Gasteiger partial charge in [0.1, 0.15) is 5.65 Å². The van der Waals surface area contributed by atoms with E-state index in [4.69, 9.17) is 0 Å². The zero-order chi connectivity index (χ0) is 10.8. The van der Waals surface area contributed by atoms with Crippen LogP contribution in [0, 0.1) is 0 Å². The van der Waals surface area contributed by atoms with Gasteiger partial charge in [-0.2, -0.15) is 0 Å². The van der Waals surface area contributed by atoms with Crippen LogP contribution in [0.2, 0.25) is 0 Å². The first-order chi connectivity index (χ1) is 7.16. The van der Waals surface area contributed by atoms with E-state index < -0.39 is 0 Å². The number of hydrogen-bond donors (Lipinski definition) is 1. The van der Waals surface area contributed by atoms with Gasteiger partial charge >= 0.3 is 0 Å². The molecule has 16 heavy (non-hydrogen) atoms. The fraction of sp³-hybridized carbons (Fsp3) is 0.364. The van der Waals surface area contributed by atoms with Crippen LogP contribution in [0.1, 0.15) is 0 Å². The molecule has 3 nitrogen and oxygen atoms in total. The summed E-state index contributed by atoms with van der Waals surface area (Å²) in [6.07, 6.45) is 3.95. The molecule has 88 valence electrons. The highest BCUT2D eigenvalue weighted by Gasteiger charge is 2.03. The third-order valence-corrected chi connectivity index (χ3v) is 2.85. The highest BCUT2D eigenvalue weighted by atomic mass is 127. The normalized spacial score (nSPS) is 10.8. The van der Waals surface area contributed by atoms with Crippen molar-refractivity contribution in [2.24, 2.45) is 0 Å². The van der Waals surface area contributed by atoms with Crippen LogP contribution in [0.5, 0.6) is 0 Å². The Hall–Kier alpha value is -0.140. The van der Waals surface area contributed by atoms with E-state index in [1.807, 2.05) is 6.20 Å². The average Bonchev–Trinajstić information content (AvgIpc) is 2.57. The zero-order valence-electron chi connectivity index (χ0n) is 9.37. The molecule has 2 aromatic heterocycles. The largest absolute Gasteiger partial charge is 1.00 e. The molecule has 0 bridgehead atoms. The van der Waals surface area contributed by atoms with E-state index in [0.717, 1.165) is 23.2 Å². The first kappa shape index (κ1) is 13.9. The number of fused-ring (bicyclic) bond motifs is 1. The van der Waals surface area contributed by atoms with Crippen molar-refractivity contribution in [3.8, 4) is 0 Å². The third-order valence-electron chi connectivity index (χ3n) is 2.42. The fourth-order valence-corrected chi connectivity index (χ4v) is 1.92. The van der Waals surface area contributed by atoms with Gasteiger partial charge in [0.2, 0.25) is 0 Å². The number of rotatable bonds is 3. The lowest BCUT2D eigenvalue weighted by Gasteiger charge is -2.08. The van der Waals surface area contributed by atoms with E-state index in [-0.39, 0.29) is 24.0 Å². The van der Waals surface area contributed by atoms with Crippen LogP contribution in [0.25, 0.3) is 11.0 Å². The number of halogens is 2. The SMILES string of the molecule is C[NH+](C)CCn1ccc2cc(Br)cnc21.[I-]. The Bertz CT molecular complexity index is 467. The van der Waals surface area contributed by atoms with Crippen LogP contribution in [0.4, 0.5) is 0 Å². The summed E-state index contributed by atoms with van der Waals surface area (Å²) in [4.78, 5) is 5.88. The molecule has 2 rings (SSSR count). The Balaban J connectivity index is 0.00000128. The first-order valence-corrected chi connectivity index (χ1v) is 5.85.